The van der Waals surface area contributed by atoms with E-state index in [2.05, 4.69) is 51.2 Å². The summed E-state index contributed by atoms with van der Waals surface area (Å²) in [5, 5.41) is 3.57. The lowest BCUT2D eigenvalue weighted by Crippen LogP contribution is -2.49. The maximum atomic E-state index is 6.24. The molecule has 3 heteroatoms. The van der Waals surface area contributed by atoms with Crippen molar-refractivity contribution >= 4 is 0 Å². The minimum absolute atomic E-state index is 0.0584. The molecule has 0 bridgehead atoms. The van der Waals surface area contributed by atoms with Crippen molar-refractivity contribution in [3.05, 3.63) is 29.3 Å². The van der Waals surface area contributed by atoms with Crippen LogP contribution in [-0.2, 0) is 4.74 Å². The predicted molar refractivity (Wildman–Crippen MR) is 77.7 cm³/mol. The van der Waals surface area contributed by atoms with Crippen molar-refractivity contribution in [2.45, 2.75) is 51.9 Å². The van der Waals surface area contributed by atoms with Crippen molar-refractivity contribution in [2.75, 3.05) is 13.7 Å². The van der Waals surface area contributed by atoms with E-state index < -0.39 is 0 Å². The van der Waals surface area contributed by atoms with E-state index in [1.54, 1.807) is 7.11 Å². The van der Waals surface area contributed by atoms with Gasteiger partial charge >= 0.3 is 0 Å². The second-order valence-corrected chi connectivity index (χ2v) is 5.65. The molecule has 3 nitrogen and oxygen atoms in total. The first-order chi connectivity index (χ1) is 9.00. The molecule has 1 N–H and O–H groups in total. The van der Waals surface area contributed by atoms with Crippen LogP contribution in [0.5, 0.6) is 5.75 Å². The fraction of sp³-hybridized carbons (Fsp3) is 0.625. The summed E-state index contributed by atoms with van der Waals surface area (Å²) in [5.74, 6) is 0.981. The molecule has 106 valence electrons. The summed E-state index contributed by atoms with van der Waals surface area (Å²) in [7, 11) is 1.74. The summed E-state index contributed by atoms with van der Waals surface area (Å²) < 4.78 is 11.7. The fourth-order valence-electron chi connectivity index (χ4n) is 2.77. The molecular weight excluding hydrogens is 238 g/mol. The van der Waals surface area contributed by atoms with Gasteiger partial charge in [0.1, 0.15) is 11.4 Å². The lowest BCUT2D eigenvalue weighted by Gasteiger charge is -2.43. The highest BCUT2D eigenvalue weighted by Gasteiger charge is 2.41. The highest BCUT2D eigenvalue weighted by Crippen LogP contribution is 2.41. The van der Waals surface area contributed by atoms with Crippen LogP contribution in [-0.4, -0.2) is 25.4 Å². The maximum Gasteiger partial charge on any atom is 0.134 e. The molecule has 0 radical (unpaired) electrons. The molecule has 0 fully saturated rings. The van der Waals surface area contributed by atoms with Crippen LogP contribution < -0.4 is 10.1 Å². The largest absolute Gasteiger partial charge is 0.484 e. The molecule has 0 amide bonds. The molecular formula is C16H25NO2. The van der Waals surface area contributed by atoms with Gasteiger partial charge in [-0.2, -0.15) is 0 Å². The second-order valence-electron chi connectivity index (χ2n) is 5.65. The smallest absolute Gasteiger partial charge is 0.134 e. The highest BCUT2D eigenvalue weighted by atomic mass is 16.5. The van der Waals surface area contributed by atoms with Crippen LogP contribution in [0.1, 0.15) is 44.4 Å². The number of benzene rings is 1. The first-order valence-corrected chi connectivity index (χ1v) is 7.06. The summed E-state index contributed by atoms with van der Waals surface area (Å²) in [4.78, 5) is 0. The van der Waals surface area contributed by atoms with Gasteiger partial charge in [-0.25, -0.2) is 0 Å². The Kier molecular flexibility index (Phi) is 4.16. The Bertz CT molecular complexity index is 446. The van der Waals surface area contributed by atoms with Crippen molar-refractivity contribution in [3.63, 3.8) is 0 Å². The molecule has 0 saturated heterocycles. The summed E-state index contributed by atoms with van der Waals surface area (Å²) in [6.07, 6.45) is 0.981. The van der Waals surface area contributed by atoms with Crippen molar-refractivity contribution in [3.8, 4) is 5.75 Å². The van der Waals surface area contributed by atoms with E-state index in [9.17, 15) is 0 Å². The van der Waals surface area contributed by atoms with Gasteiger partial charge in [0, 0.05) is 25.1 Å². The molecule has 3 unspecified atom stereocenters. The summed E-state index contributed by atoms with van der Waals surface area (Å²) in [6, 6.07) is 6.73. The molecule has 2 rings (SSSR count). The van der Waals surface area contributed by atoms with Crippen LogP contribution in [0.15, 0.2) is 18.2 Å². The standard InChI is InChI=1S/C16H25NO2/c1-6-17-14-10-16(4,12(3)18-5)19-15-8-7-11(2)9-13(14)15/h7-9,12,14,17H,6,10H2,1-5H3. The molecule has 3 atom stereocenters. The Morgan fingerprint density at radius 3 is 2.89 bits per heavy atom. The normalized spacial score (nSPS) is 27.5. The number of methoxy groups -OCH3 is 1. The molecule has 1 heterocycles. The van der Waals surface area contributed by atoms with Crippen molar-refractivity contribution < 1.29 is 9.47 Å². The van der Waals surface area contributed by atoms with Gasteiger partial charge in [0.25, 0.3) is 0 Å². The SMILES string of the molecule is CCNC1CC(C)(C(C)OC)Oc2ccc(C)cc21. The predicted octanol–water partition coefficient (Wildman–Crippen LogP) is 3.22. The van der Waals surface area contributed by atoms with Crippen LogP contribution in [0.2, 0.25) is 0 Å². The third kappa shape index (κ3) is 2.77. The van der Waals surface area contributed by atoms with E-state index in [4.69, 9.17) is 9.47 Å². The zero-order valence-electron chi connectivity index (χ0n) is 12.6. The zero-order chi connectivity index (χ0) is 14.0. The second kappa shape index (κ2) is 5.51. The summed E-state index contributed by atoms with van der Waals surface area (Å²) in [6.45, 7) is 9.42. The van der Waals surface area contributed by atoms with Crippen LogP contribution in [0.4, 0.5) is 0 Å². The minimum atomic E-state index is -0.288. The van der Waals surface area contributed by atoms with Crippen molar-refractivity contribution in [1.82, 2.24) is 5.32 Å². The van der Waals surface area contributed by atoms with E-state index >= 15 is 0 Å². The maximum absolute atomic E-state index is 6.24. The third-order valence-electron chi connectivity index (χ3n) is 4.16. The number of rotatable bonds is 4. The van der Waals surface area contributed by atoms with Gasteiger partial charge in [0.15, 0.2) is 0 Å². The molecule has 0 spiro atoms. The minimum Gasteiger partial charge on any atom is -0.484 e. The van der Waals surface area contributed by atoms with Gasteiger partial charge in [0.05, 0.1) is 6.10 Å². The first-order valence-electron chi connectivity index (χ1n) is 7.06. The monoisotopic (exact) mass is 263 g/mol. The van der Waals surface area contributed by atoms with E-state index in [0.717, 1.165) is 18.7 Å². The molecule has 1 aromatic carbocycles. The van der Waals surface area contributed by atoms with Gasteiger partial charge in [-0.3, -0.25) is 0 Å². The third-order valence-corrected chi connectivity index (χ3v) is 4.16. The van der Waals surface area contributed by atoms with Crippen LogP contribution in [0.25, 0.3) is 0 Å². The van der Waals surface area contributed by atoms with Gasteiger partial charge < -0.3 is 14.8 Å². The molecule has 1 aliphatic heterocycles. The first kappa shape index (κ1) is 14.4. The Hall–Kier alpha value is -1.06. The van der Waals surface area contributed by atoms with Gasteiger partial charge in [-0.1, -0.05) is 24.6 Å². The van der Waals surface area contributed by atoms with Crippen molar-refractivity contribution in [2.24, 2.45) is 0 Å². The van der Waals surface area contributed by atoms with E-state index in [1.165, 1.54) is 11.1 Å². The fourth-order valence-corrected chi connectivity index (χ4v) is 2.77. The van der Waals surface area contributed by atoms with E-state index in [0.29, 0.717) is 6.04 Å². The number of fused-ring (bicyclic) bond motifs is 1. The summed E-state index contributed by atoms with van der Waals surface area (Å²) >= 11 is 0. The number of ether oxygens (including phenoxy) is 2. The van der Waals surface area contributed by atoms with Gasteiger partial charge in [-0.15, -0.1) is 0 Å². The average molecular weight is 263 g/mol. The Morgan fingerprint density at radius 2 is 2.26 bits per heavy atom. The van der Waals surface area contributed by atoms with Gasteiger partial charge in [-0.05, 0) is 33.4 Å². The molecule has 1 aliphatic rings. The molecule has 19 heavy (non-hydrogen) atoms. The lowest BCUT2D eigenvalue weighted by molar-refractivity contribution is -0.0730. The number of nitrogens with one attached hydrogen (secondary N) is 1. The number of aryl methyl sites for hydroxylation is 1. The van der Waals surface area contributed by atoms with E-state index in [1.807, 2.05) is 0 Å². The van der Waals surface area contributed by atoms with Crippen LogP contribution >= 0.6 is 0 Å². The van der Waals surface area contributed by atoms with Crippen molar-refractivity contribution in [1.29, 1.82) is 0 Å². The van der Waals surface area contributed by atoms with Crippen LogP contribution in [0, 0.1) is 6.92 Å². The molecule has 0 aromatic heterocycles. The Labute approximate surface area is 116 Å². The molecule has 1 aromatic rings. The number of hydrogen-bond donors (Lipinski definition) is 1. The van der Waals surface area contributed by atoms with Crippen LogP contribution in [0.3, 0.4) is 0 Å². The summed E-state index contributed by atoms with van der Waals surface area (Å²) in [5.41, 5.74) is 2.25. The lowest BCUT2D eigenvalue weighted by atomic mass is 9.84. The molecule has 0 aliphatic carbocycles. The highest BCUT2D eigenvalue weighted by molar-refractivity contribution is 5.41. The average Bonchev–Trinajstić information content (AvgIpc) is 2.39. The van der Waals surface area contributed by atoms with E-state index in [-0.39, 0.29) is 11.7 Å². The Balaban J connectivity index is 2.38. The topological polar surface area (TPSA) is 30.5 Å². The number of hydrogen-bond acceptors (Lipinski definition) is 3. The zero-order valence-corrected chi connectivity index (χ0v) is 12.6. The van der Waals surface area contributed by atoms with Gasteiger partial charge in [0.2, 0.25) is 0 Å². The molecule has 0 saturated carbocycles. The quantitative estimate of drug-likeness (QED) is 0.904. The Morgan fingerprint density at radius 1 is 1.53 bits per heavy atom.